The monoisotopic (exact) mass is 446 g/mol. The number of hydrogen-bond donors (Lipinski definition) is 2. The minimum Gasteiger partial charge on any atom is -0.481 e. The highest BCUT2D eigenvalue weighted by atomic mass is 16.5. The predicted octanol–water partition coefficient (Wildman–Crippen LogP) is 3.42. The van der Waals surface area contributed by atoms with Gasteiger partial charge in [0.15, 0.2) is 6.61 Å². The Morgan fingerprint density at radius 1 is 1.03 bits per heavy atom. The molecular weight excluding hydrogens is 416 g/mol. The van der Waals surface area contributed by atoms with Crippen molar-refractivity contribution in [2.45, 2.75) is 50.5 Å². The van der Waals surface area contributed by atoms with E-state index in [1.165, 1.54) is 19.3 Å². The Morgan fingerprint density at radius 3 is 2.27 bits per heavy atom. The number of amides is 1. The Kier molecular flexibility index (Phi) is 5.09. The molecule has 2 aromatic carbocycles. The molecule has 0 aliphatic heterocycles. The van der Waals surface area contributed by atoms with Crippen LogP contribution in [-0.4, -0.2) is 44.8 Å². The van der Waals surface area contributed by atoms with Crippen LogP contribution in [0.25, 0.3) is 16.7 Å². The zero-order valence-corrected chi connectivity index (χ0v) is 18.7. The van der Waals surface area contributed by atoms with Crippen LogP contribution in [0.2, 0.25) is 0 Å². The lowest BCUT2D eigenvalue weighted by molar-refractivity contribution is -0.128. The van der Waals surface area contributed by atoms with Gasteiger partial charge in [-0.15, -0.1) is 15.0 Å². The zero-order chi connectivity index (χ0) is 22.4. The molecule has 0 atom stereocenters. The number of benzene rings is 2. The number of fused-ring (bicyclic) bond motifs is 1. The van der Waals surface area contributed by atoms with Crippen LogP contribution in [-0.2, 0) is 11.2 Å². The summed E-state index contributed by atoms with van der Waals surface area (Å²) < 4.78 is 6.02. The van der Waals surface area contributed by atoms with E-state index in [4.69, 9.17) is 4.74 Å². The van der Waals surface area contributed by atoms with Crippen molar-refractivity contribution in [3.05, 3.63) is 48.0 Å². The van der Waals surface area contributed by atoms with Crippen molar-refractivity contribution in [3.8, 4) is 11.4 Å². The molecule has 1 heterocycles. The second kappa shape index (κ2) is 8.13. The lowest BCUT2D eigenvalue weighted by atomic mass is 9.53. The number of aliphatic hydroxyl groups is 1. The molecule has 3 aromatic rings. The molecule has 0 radical (unpaired) electrons. The minimum absolute atomic E-state index is 0.0235. The van der Waals surface area contributed by atoms with Gasteiger partial charge in [0.2, 0.25) is 0 Å². The summed E-state index contributed by atoms with van der Waals surface area (Å²) in [6, 6.07) is 13.3. The molecule has 7 rings (SSSR count). The van der Waals surface area contributed by atoms with Gasteiger partial charge < -0.3 is 15.2 Å². The zero-order valence-electron chi connectivity index (χ0n) is 18.7. The summed E-state index contributed by atoms with van der Waals surface area (Å²) in [6.07, 6.45) is 7.93. The van der Waals surface area contributed by atoms with Gasteiger partial charge in [-0.1, -0.05) is 18.2 Å². The van der Waals surface area contributed by atoms with E-state index in [2.05, 4.69) is 15.5 Å². The van der Waals surface area contributed by atoms with E-state index in [1.54, 1.807) is 4.80 Å². The van der Waals surface area contributed by atoms with Crippen LogP contribution in [0.3, 0.4) is 0 Å². The van der Waals surface area contributed by atoms with Gasteiger partial charge in [0, 0.05) is 12.1 Å². The van der Waals surface area contributed by atoms with Gasteiger partial charge in [0.1, 0.15) is 22.5 Å². The second-order valence-corrected chi connectivity index (χ2v) is 10.3. The third-order valence-corrected chi connectivity index (χ3v) is 7.73. The lowest BCUT2D eigenvalue weighted by Crippen LogP contribution is -2.60. The molecule has 4 fully saturated rings. The van der Waals surface area contributed by atoms with Crippen molar-refractivity contribution in [3.63, 3.8) is 0 Å². The number of hydrogen-bond acceptors (Lipinski definition) is 5. The van der Waals surface area contributed by atoms with E-state index in [0.717, 1.165) is 53.6 Å². The normalized spacial score (nSPS) is 27.7. The molecule has 4 bridgehead atoms. The summed E-state index contributed by atoms with van der Waals surface area (Å²) in [5, 5.41) is 21.9. The number of nitrogens with zero attached hydrogens (tertiary/aromatic N) is 3. The van der Waals surface area contributed by atoms with Crippen LogP contribution < -0.4 is 10.1 Å². The third-order valence-electron chi connectivity index (χ3n) is 7.73. The predicted molar refractivity (Wildman–Crippen MR) is 124 cm³/mol. The number of ether oxygens (including phenoxy) is 1. The van der Waals surface area contributed by atoms with Crippen LogP contribution in [0.4, 0.5) is 0 Å². The van der Waals surface area contributed by atoms with Crippen LogP contribution in [0, 0.1) is 17.8 Å². The van der Waals surface area contributed by atoms with Crippen molar-refractivity contribution in [2.75, 3.05) is 13.2 Å². The molecule has 2 N–H and O–H groups in total. The summed E-state index contributed by atoms with van der Waals surface area (Å²) in [5.41, 5.74) is 3.18. The van der Waals surface area contributed by atoms with Crippen molar-refractivity contribution >= 4 is 16.9 Å². The first-order valence-corrected chi connectivity index (χ1v) is 12.1. The van der Waals surface area contributed by atoms with Crippen molar-refractivity contribution in [2.24, 2.45) is 17.8 Å². The lowest BCUT2D eigenvalue weighted by Gasteiger charge is -2.56. The molecule has 7 nitrogen and oxygen atoms in total. The fraction of sp³-hybridized carbons (Fsp3) is 0.500. The Balaban J connectivity index is 1.20. The summed E-state index contributed by atoms with van der Waals surface area (Å²) >= 11 is 0. The van der Waals surface area contributed by atoms with Crippen LogP contribution in [0.1, 0.15) is 44.1 Å². The van der Waals surface area contributed by atoms with E-state index < -0.39 is 0 Å². The summed E-state index contributed by atoms with van der Waals surface area (Å²) in [5.74, 6) is 2.84. The van der Waals surface area contributed by atoms with Gasteiger partial charge in [-0.25, -0.2) is 0 Å². The van der Waals surface area contributed by atoms with Gasteiger partial charge in [-0.3, -0.25) is 4.79 Å². The van der Waals surface area contributed by atoms with E-state index in [-0.39, 0.29) is 24.7 Å². The molecule has 0 spiro atoms. The molecule has 4 aliphatic carbocycles. The minimum atomic E-state index is -0.0547. The number of carbonyl (C=O) groups is 1. The largest absolute Gasteiger partial charge is 0.481 e. The number of carbonyl (C=O) groups excluding carboxylic acids is 1. The molecule has 7 heteroatoms. The molecule has 4 saturated carbocycles. The standard InChI is InChI=1S/C26H30N4O3/c31-8-7-17-5-6-24(23(12-17)30-28-21-3-1-2-4-22(21)29-30)33-16-25(32)27-26-13-18-9-19(14-26)11-20(10-18)15-26/h1-6,12,18-20,31H,7-11,13-16H2,(H,27,32). The summed E-state index contributed by atoms with van der Waals surface area (Å²) in [4.78, 5) is 14.5. The van der Waals surface area contributed by atoms with Crippen LogP contribution in [0.5, 0.6) is 5.75 Å². The molecule has 1 aromatic heterocycles. The fourth-order valence-corrected chi connectivity index (χ4v) is 6.83. The highest BCUT2D eigenvalue weighted by molar-refractivity contribution is 5.78. The molecular formula is C26H30N4O3. The summed E-state index contributed by atoms with van der Waals surface area (Å²) in [6.45, 7) is 0.0243. The average Bonchev–Trinajstić information content (AvgIpc) is 3.21. The molecule has 33 heavy (non-hydrogen) atoms. The first kappa shape index (κ1) is 20.7. The Labute approximate surface area is 193 Å². The van der Waals surface area contributed by atoms with E-state index >= 15 is 0 Å². The Bertz CT molecular complexity index is 1120. The first-order chi connectivity index (χ1) is 16.1. The second-order valence-electron chi connectivity index (χ2n) is 10.3. The van der Waals surface area contributed by atoms with Crippen molar-refractivity contribution in [1.29, 1.82) is 0 Å². The number of aliphatic hydroxyl groups excluding tert-OH is 1. The topological polar surface area (TPSA) is 89.3 Å². The smallest absolute Gasteiger partial charge is 0.258 e. The molecule has 1 amide bonds. The summed E-state index contributed by atoms with van der Waals surface area (Å²) in [7, 11) is 0. The fourth-order valence-electron chi connectivity index (χ4n) is 6.83. The van der Waals surface area contributed by atoms with Crippen LogP contribution >= 0.6 is 0 Å². The third kappa shape index (κ3) is 3.99. The van der Waals surface area contributed by atoms with Gasteiger partial charge in [-0.05, 0) is 92.5 Å². The van der Waals surface area contributed by atoms with Crippen LogP contribution in [0.15, 0.2) is 42.5 Å². The van der Waals surface area contributed by atoms with E-state index in [1.807, 2.05) is 42.5 Å². The van der Waals surface area contributed by atoms with Gasteiger partial charge in [0.05, 0.1) is 0 Å². The maximum atomic E-state index is 13.0. The maximum absolute atomic E-state index is 13.0. The maximum Gasteiger partial charge on any atom is 0.258 e. The Morgan fingerprint density at radius 2 is 1.67 bits per heavy atom. The molecule has 0 saturated heterocycles. The Hall–Kier alpha value is -2.93. The van der Waals surface area contributed by atoms with Gasteiger partial charge in [-0.2, -0.15) is 0 Å². The van der Waals surface area contributed by atoms with Crippen molar-refractivity contribution < 1.29 is 14.6 Å². The highest BCUT2D eigenvalue weighted by Crippen LogP contribution is 2.55. The number of aromatic nitrogens is 3. The van der Waals surface area contributed by atoms with Crippen molar-refractivity contribution in [1.82, 2.24) is 20.3 Å². The number of nitrogens with one attached hydrogen (secondary N) is 1. The SMILES string of the molecule is O=C(COc1ccc(CCO)cc1-n1nc2ccccc2n1)NC12CC3CC(CC(C3)C1)C2. The quantitative estimate of drug-likeness (QED) is 0.581. The van der Waals surface area contributed by atoms with Gasteiger partial charge >= 0.3 is 0 Å². The van der Waals surface area contributed by atoms with E-state index in [9.17, 15) is 9.90 Å². The highest BCUT2D eigenvalue weighted by Gasteiger charge is 2.51. The first-order valence-electron chi connectivity index (χ1n) is 12.1. The van der Waals surface area contributed by atoms with Gasteiger partial charge in [0.25, 0.3) is 5.91 Å². The molecule has 0 unspecified atom stereocenters. The number of rotatable bonds is 7. The molecule has 172 valence electrons. The average molecular weight is 447 g/mol. The molecule has 4 aliphatic rings. The van der Waals surface area contributed by atoms with E-state index in [0.29, 0.717) is 17.9 Å².